The van der Waals surface area contributed by atoms with Crippen LogP contribution in [0.25, 0.3) is 0 Å². The van der Waals surface area contributed by atoms with E-state index in [1.807, 2.05) is 6.92 Å². The fourth-order valence-electron chi connectivity index (χ4n) is 2.89. The van der Waals surface area contributed by atoms with Crippen molar-refractivity contribution >= 4 is 51.0 Å². The number of carbonyl (C=O) groups is 1. The van der Waals surface area contributed by atoms with Gasteiger partial charge in [-0.2, -0.15) is 5.10 Å². The molecule has 0 aliphatic carbocycles. The molecule has 172 valence electrons. The Bertz CT molecular complexity index is 1260. The van der Waals surface area contributed by atoms with Gasteiger partial charge in [-0.1, -0.05) is 53.0 Å². The molecule has 0 aliphatic rings. The molecule has 0 fully saturated rings. The third kappa shape index (κ3) is 6.04. The number of anilines is 1. The standard InChI is InChI=1S/C23H21Cl2N3O4S/c1-16-9-11-19(12-10-16)33(30,31)28(17-5-3-6-18(13-17)32-2)15-23(29)27-26-14-20-21(24)7-4-8-22(20)25/h3-14H,15H2,1-2H3,(H,27,29)/b26-14-. The third-order valence-corrected chi connectivity index (χ3v) is 7.07. The maximum absolute atomic E-state index is 13.4. The summed E-state index contributed by atoms with van der Waals surface area (Å²) in [5, 5.41) is 4.59. The molecular weight excluding hydrogens is 485 g/mol. The number of amides is 1. The summed E-state index contributed by atoms with van der Waals surface area (Å²) in [7, 11) is -2.59. The average Bonchev–Trinajstić information content (AvgIpc) is 2.79. The minimum atomic E-state index is -4.06. The molecule has 0 unspecified atom stereocenters. The number of hydrazone groups is 1. The quantitative estimate of drug-likeness (QED) is 0.356. The number of nitrogens with one attached hydrogen (secondary N) is 1. The molecule has 1 N–H and O–H groups in total. The first-order valence-corrected chi connectivity index (χ1v) is 11.9. The lowest BCUT2D eigenvalue weighted by atomic mass is 10.2. The van der Waals surface area contributed by atoms with Crippen LogP contribution in [0.4, 0.5) is 5.69 Å². The van der Waals surface area contributed by atoms with E-state index >= 15 is 0 Å². The van der Waals surface area contributed by atoms with Crippen LogP contribution in [0.5, 0.6) is 5.75 Å². The van der Waals surface area contributed by atoms with Gasteiger partial charge < -0.3 is 4.74 Å². The highest BCUT2D eigenvalue weighted by atomic mass is 35.5. The van der Waals surface area contributed by atoms with Crippen molar-refractivity contribution in [1.29, 1.82) is 0 Å². The number of rotatable bonds is 8. The Balaban J connectivity index is 1.88. The second-order valence-corrected chi connectivity index (χ2v) is 9.63. The van der Waals surface area contributed by atoms with Crippen LogP contribution in [-0.4, -0.2) is 34.2 Å². The molecule has 3 rings (SSSR count). The van der Waals surface area contributed by atoms with E-state index in [2.05, 4.69) is 10.5 Å². The molecule has 0 aliphatic heterocycles. The van der Waals surface area contributed by atoms with Gasteiger partial charge in [0.2, 0.25) is 0 Å². The van der Waals surface area contributed by atoms with Gasteiger partial charge in [0, 0.05) is 11.6 Å². The molecule has 0 saturated carbocycles. The van der Waals surface area contributed by atoms with Gasteiger partial charge in [0.15, 0.2) is 0 Å². The highest BCUT2D eigenvalue weighted by molar-refractivity contribution is 7.92. The number of hydrogen-bond acceptors (Lipinski definition) is 5. The zero-order valence-electron chi connectivity index (χ0n) is 17.8. The van der Waals surface area contributed by atoms with Crippen molar-refractivity contribution in [3.05, 3.63) is 87.9 Å². The number of benzene rings is 3. The van der Waals surface area contributed by atoms with Gasteiger partial charge in [-0.25, -0.2) is 13.8 Å². The first-order valence-electron chi connectivity index (χ1n) is 9.72. The lowest BCUT2D eigenvalue weighted by molar-refractivity contribution is -0.119. The Morgan fingerprint density at radius 3 is 2.33 bits per heavy atom. The molecule has 10 heteroatoms. The number of hydrogen-bond donors (Lipinski definition) is 1. The SMILES string of the molecule is COc1cccc(N(CC(=O)N/N=C\c2c(Cl)cccc2Cl)S(=O)(=O)c2ccc(C)cc2)c1. The highest BCUT2D eigenvalue weighted by Crippen LogP contribution is 2.27. The summed E-state index contributed by atoms with van der Waals surface area (Å²) in [5.41, 5.74) is 3.93. The first-order chi connectivity index (χ1) is 15.7. The Labute approximate surface area is 202 Å². The van der Waals surface area contributed by atoms with Crippen molar-refractivity contribution in [2.24, 2.45) is 5.10 Å². The van der Waals surface area contributed by atoms with Crippen molar-refractivity contribution in [2.75, 3.05) is 18.0 Å². The third-order valence-electron chi connectivity index (χ3n) is 4.62. The molecular formula is C23H21Cl2N3O4S. The second kappa shape index (κ2) is 10.7. The topological polar surface area (TPSA) is 88.1 Å². The number of aryl methyl sites for hydroxylation is 1. The van der Waals surface area contributed by atoms with Crippen LogP contribution in [0.2, 0.25) is 10.0 Å². The summed E-state index contributed by atoms with van der Waals surface area (Å²) in [6, 6.07) is 17.7. The largest absolute Gasteiger partial charge is 0.497 e. The molecule has 0 atom stereocenters. The van der Waals surface area contributed by atoms with Crippen molar-refractivity contribution in [3.8, 4) is 5.75 Å². The van der Waals surface area contributed by atoms with E-state index in [1.54, 1.807) is 48.5 Å². The van der Waals surface area contributed by atoms with Gasteiger partial charge in [-0.15, -0.1) is 0 Å². The molecule has 0 heterocycles. The van der Waals surface area contributed by atoms with Crippen LogP contribution in [0.1, 0.15) is 11.1 Å². The lowest BCUT2D eigenvalue weighted by Crippen LogP contribution is -2.39. The number of methoxy groups -OCH3 is 1. The molecule has 0 aromatic heterocycles. The minimum absolute atomic E-state index is 0.0510. The Kier molecular flexibility index (Phi) is 7.97. The molecule has 7 nitrogen and oxygen atoms in total. The van der Waals surface area contributed by atoms with Gasteiger partial charge >= 0.3 is 0 Å². The van der Waals surface area contributed by atoms with Crippen molar-refractivity contribution in [1.82, 2.24) is 5.43 Å². The van der Waals surface area contributed by atoms with Crippen LogP contribution in [0.15, 0.2) is 76.7 Å². The summed E-state index contributed by atoms with van der Waals surface area (Å²) in [4.78, 5) is 12.7. The van der Waals surface area contributed by atoms with Crippen LogP contribution in [-0.2, 0) is 14.8 Å². The Hall–Kier alpha value is -3.07. The summed E-state index contributed by atoms with van der Waals surface area (Å²) in [6.07, 6.45) is 1.30. The zero-order valence-corrected chi connectivity index (χ0v) is 20.2. The number of ether oxygens (including phenoxy) is 1. The van der Waals surface area contributed by atoms with E-state index in [-0.39, 0.29) is 10.6 Å². The van der Waals surface area contributed by atoms with Crippen LogP contribution in [0.3, 0.4) is 0 Å². The van der Waals surface area contributed by atoms with Crippen molar-refractivity contribution in [3.63, 3.8) is 0 Å². The summed E-state index contributed by atoms with van der Waals surface area (Å²) in [5.74, 6) is -0.212. The van der Waals surface area contributed by atoms with Crippen LogP contribution >= 0.6 is 23.2 Å². The summed E-state index contributed by atoms with van der Waals surface area (Å²) < 4.78 is 33.0. The lowest BCUT2D eigenvalue weighted by Gasteiger charge is -2.24. The van der Waals surface area contributed by atoms with Crippen molar-refractivity contribution < 1.29 is 17.9 Å². The van der Waals surface area contributed by atoms with Gasteiger partial charge in [0.25, 0.3) is 15.9 Å². The number of carbonyl (C=O) groups excluding carboxylic acids is 1. The molecule has 33 heavy (non-hydrogen) atoms. The number of sulfonamides is 1. The maximum atomic E-state index is 13.4. The first kappa shape index (κ1) is 24.6. The van der Waals surface area contributed by atoms with Crippen LogP contribution in [0, 0.1) is 6.92 Å². The summed E-state index contributed by atoms with van der Waals surface area (Å²) >= 11 is 12.2. The van der Waals surface area contributed by atoms with E-state index in [4.69, 9.17) is 27.9 Å². The molecule has 0 bridgehead atoms. The molecule has 0 radical (unpaired) electrons. The fourth-order valence-corrected chi connectivity index (χ4v) is 4.79. The second-order valence-electron chi connectivity index (χ2n) is 6.95. The fraction of sp³-hybridized carbons (Fsp3) is 0.130. The monoisotopic (exact) mass is 505 g/mol. The van der Waals surface area contributed by atoms with Crippen LogP contribution < -0.4 is 14.5 Å². The Morgan fingerprint density at radius 1 is 1.06 bits per heavy atom. The smallest absolute Gasteiger partial charge is 0.264 e. The molecule has 3 aromatic carbocycles. The van der Waals surface area contributed by atoms with E-state index in [0.29, 0.717) is 21.4 Å². The predicted molar refractivity (Wildman–Crippen MR) is 131 cm³/mol. The van der Waals surface area contributed by atoms with Gasteiger partial charge in [-0.05, 0) is 43.3 Å². The van der Waals surface area contributed by atoms with E-state index < -0.39 is 22.5 Å². The minimum Gasteiger partial charge on any atom is -0.497 e. The van der Waals surface area contributed by atoms with E-state index in [9.17, 15) is 13.2 Å². The number of halogens is 2. The van der Waals surface area contributed by atoms with Crippen molar-refractivity contribution in [2.45, 2.75) is 11.8 Å². The molecule has 3 aromatic rings. The highest BCUT2D eigenvalue weighted by Gasteiger charge is 2.27. The number of nitrogens with zero attached hydrogens (tertiary/aromatic N) is 2. The average molecular weight is 506 g/mol. The molecule has 0 saturated heterocycles. The Morgan fingerprint density at radius 2 is 1.70 bits per heavy atom. The predicted octanol–water partition coefficient (Wildman–Crippen LogP) is 4.66. The van der Waals surface area contributed by atoms with Gasteiger partial charge in [0.05, 0.1) is 34.0 Å². The summed E-state index contributed by atoms with van der Waals surface area (Å²) in [6.45, 7) is 1.34. The zero-order chi connectivity index (χ0) is 24.0. The van der Waals surface area contributed by atoms with Gasteiger partial charge in [0.1, 0.15) is 12.3 Å². The normalized spacial score (nSPS) is 11.4. The van der Waals surface area contributed by atoms with Gasteiger partial charge in [-0.3, -0.25) is 9.10 Å². The van der Waals surface area contributed by atoms with E-state index in [1.165, 1.54) is 31.5 Å². The van der Waals surface area contributed by atoms with E-state index in [0.717, 1.165) is 9.87 Å². The maximum Gasteiger partial charge on any atom is 0.264 e. The molecule has 0 spiro atoms. The molecule has 1 amide bonds.